The first-order valence-corrected chi connectivity index (χ1v) is 7.53. The molecule has 0 saturated heterocycles. The molecule has 0 heterocycles. The first-order valence-electron chi connectivity index (χ1n) is 7.53. The molecular formula is C18H24N4. The Morgan fingerprint density at radius 1 is 0.955 bits per heavy atom. The smallest absolute Gasteiger partial charge is 0.196 e. The Balaban J connectivity index is 2.00. The van der Waals surface area contributed by atoms with Crippen molar-refractivity contribution in [3.63, 3.8) is 0 Å². The van der Waals surface area contributed by atoms with Gasteiger partial charge in [0.25, 0.3) is 0 Å². The molecule has 0 aromatic heterocycles. The van der Waals surface area contributed by atoms with Crippen molar-refractivity contribution in [3.05, 3.63) is 66.2 Å². The maximum atomic E-state index is 4.66. The van der Waals surface area contributed by atoms with Gasteiger partial charge in [-0.05, 0) is 31.8 Å². The Morgan fingerprint density at radius 2 is 1.59 bits per heavy atom. The van der Waals surface area contributed by atoms with Crippen LogP contribution in [0.2, 0.25) is 0 Å². The van der Waals surface area contributed by atoms with E-state index in [4.69, 9.17) is 0 Å². The zero-order valence-corrected chi connectivity index (χ0v) is 13.3. The molecule has 116 valence electrons. The van der Waals surface area contributed by atoms with E-state index < -0.39 is 0 Å². The predicted octanol–water partition coefficient (Wildman–Crippen LogP) is 2.81. The van der Waals surface area contributed by atoms with Crippen LogP contribution in [0.3, 0.4) is 0 Å². The topological polar surface area (TPSA) is 39.7 Å². The molecule has 0 unspecified atom stereocenters. The quantitative estimate of drug-likeness (QED) is 0.636. The van der Waals surface area contributed by atoms with Crippen molar-refractivity contribution in [2.75, 3.05) is 32.5 Å². The van der Waals surface area contributed by atoms with Gasteiger partial charge in [0.2, 0.25) is 0 Å². The molecule has 2 N–H and O–H groups in total. The average Bonchev–Trinajstić information content (AvgIpc) is 2.54. The summed E-state index contributed by atoms with van der Waals surface area (Å²) in [6.45, 7) is 2.46. The normalized spacial score (nSPS) is 11.5. The van der Waals surface area contributed by atoms with Gasteiger partial charge in [-0.2, -0.15) is 0 Å². The maximum absolute atomic E-state index is 4.66. The van der Waals surface area contributed by atoms with Crippen molar-refractivity contribution in [1.29, 1.82) is 0 Å². The van der Waals surface area contributed by atoms with E-state index in [1.807, 2.05) is 48.5 Å². The molecule has 22 heavy (non-hydrogen) atoms. The molecule has 2 rings (SSSR count). The number of guanidine groups is 1. The van der Waals surface area contributed by atoms with Crippen LogP contribution in [-0.2, 0) is 6.54 Å². The summed E-state index contributed by atoms with van der Waals surface area (Å²) < 4.78 is 0. The molecule has 0 radical (unpaired) electrons. The molecule has 0 amide bonds. The van der Waals surface area contributed by atoms with E-state index in [-0.39, 0.29) is 0 Å². The number of para-hydroxylation sites is 1. The van der Waals surface area contributed by atoms with Crippen LogP contribution >= 0.6 is 0 Å². The van der Waals surface area contributed by atoms with E-state index in [0.29, 0.717) is 6.54 Å². The van der Waals surface area contributed by atoms with Gasteiger partial charge in [0.15, 0.2) is 5.96 Å². The molecule has 0 spiro atoms. The van der Waals surface area contributed by atoms with Crippen LogP contribution in [0.25, 0.3) is 0 Å². The molecule has 0 aliphatic heterocycles. The highest BCUT2D eigenvalue weighted by molar-refractivity contribution is 5.93. The standard InChI is InChI=1S/C18H24N4/c1-22(2)14-13-19-18(21-17-11-7-4-8-12-17)20-15-16-9-5-3-6-10-16/h3-12H,13-15H2,1-2H3,(H2,19,20,21). The van der Waals surface area contributed by atoms with Gasteiger partial charge in [-0.25, -0.2) is 4.99 Å². The fourth-order valence-corrected chi connectivity index (χ4v) is 1.95. The second kappa shape index (κ2) is 8.85. The fourth-order valence-electron chi connectivity index (χ4n) is 1.95. The summed E-state index contributed by atoms with van der Waals surface area (Å²) >= 11 is 0. The van der Waals surface area contributed by atoms with Gasteiger partial charge in [0.1, 0.15) is 0 Å². The van der Waals surface area contributed by atoms with Crippen LogP contribution < -0.4 is 10.6 Å². The number of anilines is 1. The summed E-state index contributed by atoms with van der Waals surface area (Å²) in [4.78, 5) is 6.81. The number of benzene rings is 2. The van der Waals surface area contributed by atoms with Crippen LogP contribution in [0.15, 0.2) is 65.7 Å². The van der Waals surface area contributed by atoms with Crippen molar-refractivity contribution >= 4 is 11.6 Å². The first-order chi connectivity index (χ1) is 10.7. The van der Waals surface area contributed by atoms with Crippen LogP contribution in [0.5, 0.6) is 0 Å². The Morgan fingerprint density at radius 3 is 2.23 bits per heavy atom. The number of rotatable bonds is 6. The summed E-state index contributed by atoms with van der Waals surface area (Å²) in [7, 11) is 4.13. The van der Waals surface area contributed by atoms with Crippen molar-refractivity contribution in [2.24, 2.45) is 4.99 Å². The zero-order chi connectivity index (χ0) is 15.6. The minimum atomic E-state index is 0.658. The number of hydrogen-bond acceptors (Lipinski definition) is 2. The molecule has 0 atom stereocenters. The summed E-state index contributed by atoms with van der Waals surface area (Å²) in [6, 6.07) is 20.4. The summed E-state index contributed by atoms with van der Waals surface area (Å²) in [6.07, 6.45) is 0. The number of hydrogen-bond donors (Lipinski definition) is 2. The third-order valence-electron chi connectivity index (χ3n) is 3.15. The largest absolute Gasteiger partial charge is 0.355 e. The lowest BCUT2D eigenvalue weighted by molar-refractivity contribution is 0.412. The van der Waals surface area contributed by atoms with Gasteiger partial charge >= 0.3 is 0 Å². The Labute approximate surface area is 132 Å². The van der Waals surface area contributed by atoms with Crippen LogP contribution in [-0.4, -0.2) is 38.0 Å². The van der Waals surface area contributed by atoms with E-state index in [0.717, 1.165) is 24.7 Å². The minimum Gasteiger partial charge on any atom is -0.355 e. The second-order valence-corrected chi connectivity index (χ2v) is 5.37. The molecule has 4 nitrogen and oxygen atoms in total. The number of likely N-dealkylation sites (N-methyl/N-ethyl adjacent to an activating group) is 1. The molecule has 2 aromatic rings. The summed E-state index contributed by atoms with van der Waals surface area (Å²) in [5.74, 6) is 0.803. The minimum absolute atomic E-state index is 0.658. The third-order valence-corrected chi connectivity index (χ3v) is 3.15. The van der Waals surface area contributed by atoms with Crippen molar-refractivity contribution in [1.82, 2.24) is 10.2 Å². The summed E-state index contributed by atoms with van der Waals surface area (Å²) in [5, 5.41) is 6.71. The molecule has 0 fully saturated rings. The van der Waals surface area contributed by atoms with Gasteiger partial charge < -0.3 is 15.5 Å². The fraction of sp³-hybridized carbons (Fsp3) is 0.278. The number of aliphatic imine (C=N–C) groups is 1. The van der Waals surface area contributed by atoms with Crippen molar-refractivity contribution < 1.29 is 0 Å². The lowest BCUT2D eigenvalue weighted by Crippen LogP contribution is -2.35. The van der Waals surface area contributed by atoms with Gasteiger partial charge in [-0.3, -0.25) is 0 Å². The van der Waals surface area contributed by atoms with Gasteiger partial charge in [-0.1, -0.05) is 48.5 Å². The SMILES string of the molecule is CN(C)CCNC(=NCc1ccccc1)Nc1ccccc1. The third kappa shape index (κ3) is 5.97. The Kier molecular flexibility index (Phi) is 6.45. The first kappa shape index (κ1) is 16.0. The molecule has 0 saturated carbocycles. The summed E-state index contributed by atoms with van der Waals surface area (Å²) in [5.41, 5.74) is 2.23. The van der Waals surface area contributed by atoms with Gasteiger partial charge in [0, 0.05) is 18.8 Å². The van der Waals surface area contributed by atoms with Gasteiger partial charge in [-0.15, -0.1) is 0 Å². The zero-order valence-electron chi connectivity index (χ0n) is 13.3. The monoisotopic (exact) mass is 296 g/mol. The lowest BCUT2D eigenvalue weighted by atomic mass is 10.2. The molecular weight excluding hydrogens is 272 g/mol. The number of nitrogens with zero attached hydrogens (tertiary/aromatic N) is 2. The molecule has 4 heteroatoms. The number of nitrogens with one attached hydrogen (secondary N) is 2. The highest BCUT2D eigenvalue weighted by Crippen LogP contribution is 2.05. The van der Waals surface area contributed by atoms with Gasteiger partial charge in [0.05, 0.1) is 6.54 Å². The second-order valence-electron chi connectivity index (χ2n) is 5.37. The maximum Gasteiger partial charge on any atom is 0.196 e. The molecule has 2 aromatic carbocycles. The van der Waals surface area contributed by atoms with E-state index in [2.05, 4.69) is 46.8 Å². The highest BCUT2D eigenvalue weighted by Gasteiger charge is 2.00. The van der Waals surface area contributed by atoms with Crippen LogP contribution in [0, 0.1) is 0 Å². The Hall–Kier alpha value is -2.33. The van der Waals surface area contributed by atoms with E-state index in [1.54, 1.807) is 0 Å². The van der Waals surface area contributed by atoms with E-state index in [9.17, 15) is 0 Å². The predicted molar refractivity (Wildman–Crippen MR) is 94.2 cm³/mol. The molecule has 0 bridgehead atoms. The highest BCUT2D eigenvalue weighted by atomic mass is 15.2. The van der Waals surface area contributed by atoms with E-state index >= 15 is 0 Å². The molecule has 0 aliphatic carbocycles. The molecule has 0 aliphatic rings. The Bertz CT molecular complexity index is 564. The van der Waals surface area contributed by atoms with Crippen molar-refractivity contribution in [2.45, 2.75) is 6.54 Å². The van der Waals surface area contributed by atoms with Crippen LogP contribution in [0.4, 0.5) is 5.69 Å². The van der Waals surface area contributed by atoms with E-state index in [1.165, 1.54) is 5.56 Å². The average molecular weight is 296 g/mol. The lowest BCUT2D eigenvalue weighted by Gasteiger charge is -2.15. The van der Waals surface area contributed by atoms with Crippen molar-refractivity contribution in [3.8, 4) is 0 Å². The van der Waals surface area contributed by atoms with Crippen LogP contribution in [0.1, 0.15) is 5.56 Å².